The van der Waals surface area contributed by atoms with E-state index < -0.39 is 10.5 Å². The Morgan fingerprint density at radius 1 is 1.56 bits per heavy atom. The van der Waals surface area contributed by atoms with Crippen LogP contribution in [0.3, 0.4) is 0 Å². The first kappa shape index (κ1) is 14.9. The van der Waals surface area contributed by atoms with Gasteiger partial charge in [-0.25, -0.2) is 0 Å². The van der Waals surface area contributed by atoms with E-state index in [4.69, 9.17) is 0 Å². The maximum atomic E-state index is 10.8. The summed E-state index contributed by atoms with van der Waals surface area (Å²) in [5, 5.41) is 23.4. The van der Waals surface area contributed by atoms with Crippen molar-refractivity contribution in [2.75, 3.05) is 11.9 Å². The van der Waals surface area contributed by atoms with E-state index >= 15 is 0 Å². The van der Waals surface area contributed by atoms with Gasteiger partial charge in [0.1, 0.15) is 0 Å². The maximum absolute atomic E-state index is 10.8. The minimum atomic E-state index is -0.439. The number of hydrogen-bond acceptors (Lipinski definition) is 4. The van der Waals surface area contributed by atoms with Gasteiger partial charge >= 0.3 is 0 Å². The number of nitrogens with one attached hydrogen (secondary N) is 1. The second kappa shape index (κ2) is 5.67. The Morgan fingerprint density at radius 3 is 2.61 bits per heavy atom. The van der Waals surface area contributed by atoms with Crippen LogP contribution in [-0.4, -0.2) is 22.2 Å². The number of rotatable bonds is 5. The number of nitrogens with zero attached hydrogens (tertiary/aromatic N) is 1. The highest BCUT2D eigenvalue weighted by atomic mass is 79.9. The van der Waals surface area contributed by atoms with Gasteiger partial charge in [-0.05, 0) is 42.3 Å². The molecule has 0 radical (unpaired) electrons. The Hall–Kier alpha value is -1.14. The Balaban J connectivity index is 3.12. The van der Waals surface area contributed by atoms with Gasteiger partial charge in [-0.15, -0.1) is 0 Å². The smallest absolute Gasteiger partial charge is 0.273 e. The number of aliphatic hydroxyl groups is 1. The summed E-state index contributed by atoms with van der Waals surface area (Å²) in [5.74, 6) is 0. The van der Waals surface area contributed by atoms with Crippen LogP contribution in [0.5, 0.6) is 0 Å². The van der Waals surface area contributed by atoms with Crippen LogP contribution in [0.4, 0.5) is 11.4 Å². The summed E-state index contributed by atoms with van der Waals surface area (Å²) in [7, 11) is 0. The fourth-order valence-corrected chi connectivity index (χ4v) is 1.96. The zero-order chi connectivity index (χ0) is 13.9. The third-order valence-corrected chi connectivity index (χ3v) is 3.70. The number of aryl methyl sites for hydroxylation is 1. The topological polar surface area (TPSA) is 75.4 Å². The first-order valence-electron chi connectivity index (χ1n) is 5.66. The van der Waals surface area contributed by atoms with Crippen LogP contribution in [0, 0.1) is 17.0 Å². The van der Waals surface area contributed by atoms with Crippen LogP contribution in [0.2, 0.25) is 0 Å². The lowest BCUT2D eigenvalue weighted by molar-refractivity contribution is -0.385. The molecule has 0 aliphatic carbocycles. The minimum Gasteiger partial charge on any atom is -0.394 e. The molecule has 18 heavy (non-hydrogen) atoms. The predicted octanol–water partition coefficient (Wildman–Crippen LogP) is 3.24. The zero-order valence-electron chi connectivity index (χ0n) is 10.7. The van der Waals surface area contributed by atoms with E-state index in [0.717, 1.165) is 12.1 Å². The normalized spacial score (nSPS) is 14.1. The van der Waals surface area contributed by atoms with Crippen LogP contribution in [0.15, 0.2) is 16.6 Å². The van der Waals surface area contributed by atoms with E-state index in [-0.39, 0.29) is 12.3 Å². The van der Waals surface area contributed by atoms with Crippen molar-refractivity contribution >= 4 is 27.3 Å². The third kappa shape index (κ3) is 3.20. The summed E-state index contributed by atoms with van der Waals surface area (Å²) in [6.07, 6.45) is 0.742. The summed E-state index contributed by atoms with van der Waals surface area (Å²) in [4.78, 5) is 10.4. The maximum Gasteiger partial charge on any atom is 0.273 e. The van der Waals surface area contributed by atoms with Gasteiger partial charge in [-0.1, -0.05) is 6.92 Å². The Morgan fingerprint density at radius 2 is 2.17 bits per heavy atom. The highest BCUT2D eigenvalue weighted by Gasteiger charge is 2.23. The molecule has 5 nitrogen and oxygen atoms in total. The number of nitro benzene ring substituents is 1. The molecular formula is C12H17BrN2O3. The average molecular weight is 317 g/mol. The molecule has 1 atom stereocenters. The lowest BCUT2D eigenvalue weighted by Gasteiger charge is -2.29. The second-order valence-corrected chi connectivity index (χ2v) is 5.43. The Bertz CT molecular complexity index is 459. The van der Waals surface area contributed by atoms with Gasteiger partial charge in [0.2, 0.25) is 0 Å². The zero-order valence-corrected chi connectivity index (χ0v) is 12.2. The molecule has 1 unspecified atom stereocenters. The minimum absolute atomic E-state index is 0.00796. The first-order valence-corrected chi connectivity index (χ1v) is 6.46. The summed E-state index contributed by atoms with van der Waals surface area (Å²) in [5.41, 5.74) is 0.971. The standard InChI is InChI=1S/C12H17BrN2O3/c1-4-12(3,7-16)14-10-5-8(2)11(15(17)18)6-9(10)13/h5-6,14,16H,4,7H2,1-3H3. The molecule has 0 aliphatic heterocycles. The fourth-order valence-electron chi connectivity index (χ4n) is 1.53. The number of benzene rings is 1. The molecule has 0 amide bonds. The van der Waals surface area contributed by atoms with Gasteiger partial charge < -0.3 is 10.4 Å². The summed E-state index contributed by atoms with van der Waals surface area (Å²) >= 11 is 3.31. The molecule has 0 aliphatic rings. The van der Waals surface area contributed by atoms with E-state index in [1.54, 1.807) is 13.0 Å². The predicted molar refractivity (Wildman–Crippen MR) is 74.9 cm³/mol. The molecule has 0 heterocycles. The molecule has 0 aromatic heterocycles. The van der Waals surface area contributed by atoms with E-state index in [1.165, 1.54) is 6.07 Å². The van der Waals surface area contributed by atoms with Gasteiger partial charge in [-0.3, -0.25) is 10.1 Å². The third-order valence-electron chi connectivity index (χ3n) is 3.05. The van der Waals surface area contributed by atoms with Crippen LogP contribution in [0.1, 0.15) is 25.8 Å². The first-order chi connectivity index (χ1) is 8.33. The SMILES string of the molecule is CCC(C)(CO)Nc1cc(C)c([N+](=O)[O-])cc1Br. The van der Waals surface area contributed by atoms with E-state index in [0.29, 0.717) is 10.0 Å². The molecule has 0 spiro atoms. The molecule has 2 N–H and O–H groups in total. The number of anilines is 1. The molecule has 0 fully saturated rings. The van der Waals surface area contributed by atoms with Crippen molar-refractivity contribution < 1.29 is 10.0 Å². The van der Waals surface area contributed by atoms with E-state index in [2.05, 4.69) is 21.2 Å². The van der Waals surface area contributed by atoms with E-state index in [9.17, 15) is 15.2 Å². The van der Waals surface area contributed by atoms with Crippen molar-refractivity contribution in [1.82, 2.24) is 0 Å². The second-order valence-electron chi connectivity index (χ2n) is 4.57. The van der Waals surface area contributed by atoms with Crippen LogP contribution < -0.4 is 5.32 Å². The Labute approximate surface area is 114 Å². The molecule has 0 bridgehead atoms. The van der Waals surface area contributed by atoms with Crippen molar-refractivity contribution in [2.24, 2.45) is 0 Å². The van der Waals surface area contributed by atoms with Crippen LogP contribution in [-0.2, 0) is 0 Å². The highest BCUT2D eigenvalue weighted by molar-refractivity contribution is 9.10. The molecule has 1 rings (SSSR count). The van der Waals surface area contributed by atoms with Crippen LogP contribution >= 0.6 is 15.9 Å². The fraction of sp³-hybridized carbons (Fsp3) is 0.500. The number of nitro groups is 1. The summed E-state index contributed by atoms with van der Waals surface area (Å²) in [6, 6.07) is 3.19. The average Bonchev–Trinajstić information content (AvgIpc) is 2.32. The Kier molecular flexibility index (Phi) is 4.70. The van der Waals surface area contributed by atoms with Crippen molar-refractivity contribution in [1.29, 1.82) is 0 Å². The number of aliphatic hydroxyl groups excluding tert-OH is 1. The largest absolute Gasteiger partial charge is 0.394 e. The molecule has 0 saturated heterocycles. The van der Waals surface area contributed by atoms with Crippen molar-refractivity contribution in [3.63, 3.8) is 0 Å². The highest BCUT2D eigenvalue weighted by Crippen LogP contribution is 2.32. The van der Waals surface area contributed by atoms with Gasteiger partial charge in [0, 0.05) is 21.8 Å². The molecule has 1 aromatic carbocycles. The molecule has 0 saturated carbocycles. The quantitative estimate of drug-likeness (QED) is 0.646. The van der Waals surface area contributed by atoms with E-state index in [1.807, 2.05) is 13.8 Å². The monoisotopic (exact) mass is 316 g/mol. The van der Waals surface area contributed by atoms with Gasteiger partial charge in [0.05, 0.1) is 17.1 Å². The van der Waals surface area contributed by atoms with Crippen LogP contribution in [0.25, 0.3) is 0 Å². The van der Waals surface area contributed by atoms with Gasteiger partial charge in [0.15, 0.2) is 0 Å². The van der Waals surface area contributed by atoms with Crippen molar-refractivity contribution in [3.05, 3.63) is 32.3 Å². The molecule has 6 heteroatoms. The summed E-state index contributed by atoms with van der Waals surface area (Å²) in [6.45, 7) is 5.55. The summed E-state index contributed by atoms with van der Waals surface area (Å²) < 4.78 is 0.618. The molecular weight excluding hydrogens is 300 g/mol. The lowest BCUT2D eigenvalue weighted by atomic mass is 9.99. The van der Waals surface area contributed by atoms with Crippen molar-refractivity contribution in [2.45, 2.75) is 32.7 Å². The number of halogens is 1. The van der Waals surface area contributed by atoms with Gasteiger partial charge in [0.25, 0.3) is 5.69 Å². The molecule has 1 aromatic rings. The number of hydrogen-bond donors (Lipinski definition) is 2. The molecule has 100 valence electrons. The van der Waals surface area contributed by atoms with Gasteiger partial charge in [-0.2, -0.15) is 0 Å². The lowest BCUT2D eigenvalue weighted by Crippen LogP contribution is -2.38. The van der Waals surface area contributed by atoms with Crippen molar-refractivity contribution in [3.8, 4) is 0 Å².